The van der Waals surface area contributed by atoms with Crippen molar-refractivity contribution in [1.29, 1.82) is 0 Å². The zero-order valence-electron chi connectivity index (χ0n) is 19.8. The van der Waals surface area contributed by atoms with Gasteiger partial charge in [-0.1, -0.05) is 6.07 Å². The van der Waals surface area contributed by atoms with Crippen molar-refractivity contribution < 1.29 is 14.3 Å². The van der Waals surface area contributed by atoms with Gasteiger partial charge in [-0.3, -0.25) is 9.78 Å². The lowest BCUT2D eigenvalue weighted by atomic mass is 9.81. The van der Waals surface area contributed by atoms with Crippen LogP contribution in [0.15, 0.2) is 52.2 Å². The smallest absolute Gasteiger partial charge is 0.310 e. The van der Waals surface area contributed by atoms with Gasteiger partial charge in [0.15, 0.2) is 0 Å². The maximum absolute atomic E-state index is 12.6. The number of aromatic nitrogens is 1. The molecule has 34 heavy (non-hydrogen) atoms. The minimum atomic E-state index is -0.129. The molecule has 1 aromatic carbocycles. The lowest BCUT2D eigenvalue weighted by molar-refractivity contribution is -0.150. The lowest BCUT2D eigenvalue weighted by Gasteiger charge is -2.37. The van der Waals surface area contributed by atoms with Crippen LogP contribution in [0.25, 0.3) is 10.9 Å². The molecule has 0 aliphatic carbocycles. The largest absolute Gasteiger partial charge is 0.497 e. The number of benzene rings is 1. The monoisotopic (exact) mass is 499 g/mol. The number of esters is 1. The van der Waals surface area contributed by atoms with Crippen molar-refractivity contribution in [3.8, 4) is 5.75 Å². The van der Waals surface area contributed by atoms with E-state index in [1.807, 2.05) is 42.2 Å². The highest BCUT2D eigenvalue weighted by Crippen LogP contribution is 2.33. The van der Waals surface area contributed by atoms with Crippen molar-refractivity contribution in [3.63, 3.8) is 0 Å². The number of nitrogens with zero attached hydrogens (tertiary/aromatic N) is 2. The summed E-state index contributed by atoms with van der Waals surface area (Å²) in [6.07, 6.45) is 4.50. The summed E-state index contributed by atoms with van der Waals surface area (Å²) in [7, 11) is 3.16. The van der Waals surface area contributed by atoms with E-state index in [2.05, 4.69) is 27.4 Å². The third-order valence-electron chi connectivity index (χ3n) is 6.72. The summed E-state index contributed by atoms with van der Waals surface area (Å²) in [4.78, 5) is 19.5. The van der Waals surface area contributed by atoms with Crippen LogP contribution in [-0.4, -0.2) is 55.5 Å². The zero-order valence-corrected chi connectivity index (χ0v) is 21.4. The molecule has 0 radical (unpaired) electrons. The number of methoxy groups -OCH3 is 2. The van der Waals surface area contributed by atoms with Gasteiger partial charge in [0.05, 0.1) is 29.9 Å². The topological polar surface area (TPSA) is 77.7 Å². The van der Waals surface area contributed by atoms with Crippen LogP contribution in [0.1, 0.15) is 30.9 Å². The molecule has 6 nitrogen and oxygen atoms in total. The fourth-order valence-corrected chi connectivity index (χ4v) is 6.66. The molecule has 3 aromatic rings. The average molecular weight is 500 g/mol. The van der Waals surface area contributed by atoms with Gasteiger partial charge >= 0.3 is 5.97 Å². The highest BCUT2D eigenvalue weighted by atomic mass is 32.2. The van der Waals surface area contributed by atoms with E-state index in [0.29, 0.717) is 0 Å². The van der Waals surface area contributed by atoms with E-state index < -0.39 is 0 Å². The van der Waals surface area contributed by atoms with Gasteiger partial charge in [0, 0.05) is 36.5 Å². The molecular weight excluding hydrogens is 466 g/mol. The molecule has 2 aromatic heterocycles. The standard InChI is InChI=1S/C26H33N3O3S2/c1-31-19-6-8-24-21(16-19)20(9-11-28-24)23(27)7-5-18-10-12-29(17-22(18)26(30)32-2)13-15-34-25-4-3-14-33-25/h3-4,6,8-9,11,14,16,18,22-23H,5,7,10,12-13,15,17,27H2,1-2H3/t18-,22+,23?/m1/s1. The van der Waals surface area contributed by atoms with Crippen LogP contribution < -0.4 is 10.5 Å². The van der Waals surface area contributed by atoms with E-state index in [-0.39, 0.29) is 23.8 Å². The Morgan fingerprint density at radius 3 is 2.97 bits per heavy atom. The number of thiophene rings is 1. The molecule has 1 saturated heterocycles. The molecule has 3 atom stereocenters. The average Bonchev–Trinajstić information content (AvgIpc) is 3.40. The molecule has 3 heterocycles. The van der Waals surface area contributed by atoms with Crippen molar-refractivity contribution in [2.45, 2.75) is 29.5 Å². The quantitative estimate of drug-likeness (QED) is 0.311. The van der Waals surface area contributed by atoms with Crippen LogP contribution in [0.5, 0.6) is 5.75 Å². The molecule has 8 heteroatoms. The number of ether oxygens (including phenoxy) is 2. The molecular formula is C26H33N3O3S2. The Morgan fingerprint density at radius 2 is 2.21 bits per heavy atom. The van der Waals surface area contributed by atoms with E-state index >= 15 is 0 Å². The number of carbonyl (C=O) groups excluding carboxylic acids is 1. The number of rotatable bonds is 10. The van der Waals surface area contributed by atoms with Crippen molar-refractivity contribution in [2.24, 2.45) is 17.6 Å². The molecule has 1 aliphatic rings. The Bertz CT molecular complexity index is 1080. The summed E-state index contributed by atoms with van der Waals surface area (Å²) >= 11 is 3.66. The predicted octanol–water partition coefficient (Wildman–Crippen LogP) is 4.99. The van der Waals surface area contributed by atoms with Gasteiger partial charge < -0.3 is 20.1 Å². The first-order valence-electron chi connectivity index (χ1n) is 11.7. The van der Waals surface area contributed by atoms with Gasteiger partial charge in [0.1, 0.15) is 5.75 Å². The number of hydrogen-bond donors (Lipinski definition) is 1. The van der Waals surface area contributed by atoms with Crippen LogP contribution in [0.3, 0.4) is 0 Å². The van der Waals surface area contributed by atoms with Crippen LogP contribution in [0, 0.1) is 11.8 Å². The molecule has 0 bridgehead atoms. The first kappa shape index (κ1) is 25.0. The highest BCUT2D eigenvalue weighted by molar-refractivity contribution is 8.01. The third-order valence-corrected chi connectivity index (χ3v) is 8.83. The molecule has 0 amide bonds. The van der Waals surface area contributed by atoms with Crippen LogP contribution in [-0.2, 0) is 9.53 Å². The Labute approximate surface area is 209 Å². The summed E-state index contributed by atoms with van der Waals surface area (Å²) in [6, 6.07) is 12.0. The number of pyridine rings is 1. The Hall–Kier alpha value is -2.13. The van der Waals surface area contributed by atoms with Crippen LogP contribution in [0.4, 0.5) is 0 Å². The summed E-state index contributed by atoms with van der Waals surface area (Å²) in [5, 5.41) is 3.13. The van der Waals surface area contributed by atoms with E-state index in [0.717, 1.165) is 66.9 Å². The Kier molecular flexibility index (Phi) is 8.83. The fraction of sp³-hybridized carbons (Fsp3) is 0.462. The molecule has 0 spiro atoms. The normalized spacial score (nSPS) is 19.7. The first-order chi connectivity index (χ1) is 16.6. The van der Waals surface area contributed by atoms with Gasteiger partial charge in [0.2, 0.25) is 0 Å². The molecule has 1 unspecified atom stereocenters. The maximum Gasteiger partial charge on any atom is 0.310 e. The van der Waals surface area contributed by atoms with E-state index in [1.165, 1.54) is 11.3 Å². The number of likely N-dealkylation sites (tertiary alicyclic amines) is 1. The molecule has 2 N–H and O–H groups in total. The first-order valence-corrected chi connectivity index (χ1v) is 13.6. The van der Waals surface area contributed by atoms with E-state index in [4.69, 9.17) is 15.2 Å². The van der Waals surface area contributed by atoms with E-state index in [1.54, 1.807) is 18.4 Å². The second-order valence-corrected chi connectivity index (χ2v) is 11.1. The van der Waals surface area contributed by atoms with Crippen molar-refractivity contribution >= 4 is 40.0 Å². The van der Waals surface area contributed by atoms with Crippen molar-refractivity contribution in [1.82, 2.24) is 9.88 Å². The van der Waals surface area contributed by atoms with Crippen LogP contribution in [0.2, 0.25) is 0 Å². The molecule has 182 valence electrons. The third kappa shape index (κ3) is 6.10. The summed E-state index contributed by atoms with van der Waals surface area (Å²) in [6.45, 7) is 2.74. The molecule has 0 saturated carbocycles. The van der Waals surface area contributed by atoms with E-state index in [9.17, 15) is 4.79 Å². The number of nitrogens with two attached hydrogens (primary N) is 1. The Balaban J connectivity index is 1.37. The summed E-state index contributed by atoms with van der Waals surface area (Å²) < 4.78 is 11.9. The maximum atomic E-state index is 12.6. The van der Waals surface area contributed by atoms with Crippen molar-refractivity contribution in [2.75, 3.05) is 39.6 Å². The van der Waals surface area contributed by atoms with Crippen LogP contribution >= 0.6 is 23.1 Å². The number of hydrogen-bond acceptors (Lipinski definition) is 8. The number of fused-ring (bicyclic) bond motifs is 1. The molecule has 4 rings (SSSR count). The second-order valence-electron chi connectivity index (χ2n) is 8.73. The number of piperidine rings is 1. The number of carbonyl (C=O) groups is 1. The Morgan fingerprint density at radius 1 is 1.32 bits per heavy atom. The second kappa shape index (κ2) is 12.0. The van der Waals surface area contributed by atoms with Gasteiger partial charge in [-0.25, -0.2) is 0 Å². The van der Waals surface area contributed by atoms with Crippen molar-refractivity contribution in [3.05, 3.63) is 53.5 Å². The van der Waals surface area contributed by atoms with Gasteiger partial charge in [-0.15, -0.1) is 23.1 Å². The lowest BCUT2D eigenvalue weighted by Crippen LogP contribution is -2.45. The van der Waals surface area contributed by atoms with Gasteiger partial charge in [-0.2, -0.15) is 0 Å². The fourth-order valence-electron chi connectivity index (χ4n) is 4.80. The number of thioether (sulfide) groups is 1. The highest BCUT2D eigenvalue weighted by Gasteiger charge is 2.35. The molecule has 1 fully saturated rings. The van der Waals surface area contributed by atoms with Gasteiger partial charge in [-0.05, 0) is 73.0 Å². The predicted molar refractivity (Wildman–Crippen MR) is 140 cm³/mol. The summed E-state index contributed by atoms with van der Waals surface area (Å²) in [5.74, 6) is 1.90. The summed E-state index contributed by atoms with van der Waals surface area (Å²) in [5.41, 5.74) is 8.65. The molecule has 1 aliphatic heterocycles. The minimum absolute atomic E-state index is 0.103. The van der Waals surface area contributed by atoms with Gasteiger partial charge in [0.25, 0.3) is 0 Å². The SMILES string of the molecule is COC(=O)[C@H]1CN(CCSc2cccs2)CC[C@H]1CCC(N)c1ccnc2ccc(OC)cc12. The zero-order chi connectivity index (χ0) is 23.9. The minimum Gasteiger partial charge on any atom is -0.497 e.